The Morgan fingerprint density at radius 2 is 1.78 bits per heavy atom. The Kier molecular flexibility index (Phi) is 9.31. The van der Waals surface area contributed by atoms with Gasteiger partial charge in [0.2, 0.25) is 0 Å². The number of nitriles is 1. The molecule has 0 N–H and O–H groups in total. The zero-order valence-electron chi connectivity index (χ0n) is 16.5. The standard InChI is InChI=1S/C23H32FNO2/c1-2-3-4-5-6-7-18-8-10-19(11-9-18)12-15-23(26)27-21-14-13-20(17-25)22(24)16-21/h13-14,16,18-19H,2-12,15H2,1H3. The van der Waals surface area contributed by atoms with Crippen molar-refractivity contribution in [1.29, 1.82) is 5.26 Å². The van der Waals surface area contributed by atoms with Gasteiger partial charge in [0.05, 0.1) is 5.56 Å². The quantitative estimate of drug-likeness (QED) is 0.265. The third kappa shape index (κ3) is 7.71. The molecule has 0 saturated heterocycles. The molecule has 0 amide bonds. The van der Waals surface area contributed by atoms with Gasteiger partial charge in [0, 0.05) is 12.5 Å². The minimum atomic E-state index is -0.657. The van der Waals surface area contributed by atoms with Crippen LogP contribution in [0.15, 0.2) is 18.2 Å². The Morgan fingerprint density at radius 3 is 2.41 bits per heavy atom. The first-order chi connectivity index (χ1) is 13.1. The van der Waals surface area contributed by atoms with E-state index >= 15 is 0 Å². The summed E-state index contributed by atoms with van der Waals surface area (Å²) in [6.07, 6.45) is 14.3. The predicted molar refractivity (Wildman–Crippen MR) is 105 cm³/mol. The summed E-state index contributed by atoms with van der Waals surface area (Å²) in [4.78, 5) is 12.0. The van der Waals surface area contributed by atoms with Gasteiger partial charge in [0.1, 0.15) is 17.6 Å². The van der Waals surface area contributed by atoms with Crippen molar-refractivity contribution >= 4 is 5.97 Å². The molecule has 1 fully saturated rings. The second-order valence-corrected chi connectivity index (χ2v) is 7.86. The van der Waals surface area contributed by atoms with Crippen molar-refractivity contribution in [2.75, 3.05) is 0 Å². The molecule has 0 spiro atoms. The van der Waals surface area contributed by atoms with Crippen LogP contribution in [0.4, 0.5) is 4.39 Å². The topological polar surface area (TPSA) is 50.1 Å². The molecule has 148 valence electrons. The fraction of sp³-hybridized carbons (Fsp3) is 0.652. The molecule has 4 heteroatoms. The van der Waals surface area contributed by atoms with Crippen LogP contribution in [0.2, 0.25) is 0 Å². The third-order valence-corrected chi connectivity index (χ3v) is 5.73. The SMILES string of the molecule is CCCCCCCC1CCC(CCC(=O)Oc2ccc(C#N)c(F)c2)CC1. The largest absolute Gasteiger partial charge is 0.426 e. The molecular formula is C23H32FNO2. The van der Waals surface area contributed by atoms with Crippen LogP contribution >= 0.6 is 0 Å². The number of esters is 1. The van der Waals surface area contributed by atoms with E-state index in [4.69, 9.17) is 10.00 Å². The van der Waals surface area contributed by atoms with Crippen LogP contribution in [0.3, 0.4) is 0 Å². The van der Waals surface area contributed by atoms with Gasteiger partial charge in [-0.1, -0.05) is 71.1 Å². The van der Waals surface area contributed by atoms with Crippen molar-refractivity contribution in [2.45, 2.75) is 84.0 Å². The highest BCUT2D eigenvalue weighted by molar-refractivity contribution is 5.72. The number of hydrogen-bond donors (Lipinski definition) is 0. The van der Waals surface area contributed by atoms with Gasteiger partial charge in [-0.2, -0.15) is 5.26 Å². The number of nitrogens with zero attached hydrogens (tertiary/aromatic N) is 1. The van der Waals surface area contributed by atoms with E-state index < -0.39 is 5.82 Å². The Hall–Kier alpha value is -1.89. The van der Waals surface area contributed by atoms with Crippen molar-refractivity contribution in [1.82, 2.24) is 0 Å². The highest BCUT2D eigenvalue weighted by Gasteiger charge is 2.21. The van der Waals surface area contributed by atoms with E-state index in [1.165, 1.54) is 76.3 Å². The third-order valence-electron chi connectivity index (χ3n) is 5.73. The van der Waals surface area contributed by atoms with Crippen molar-refractivity contribution in [2.24, 2.45) is 11.8 Å². The molecule has 0 aromatic heterocycles. The lowest BCUT2D eigenvalue weighted by Gasteiger charge is -2.28. The van der Waals surface area contributed by atoms with Crippen molar-refractivity contribution < 1.29 is 13.9 Å². The zero-order chi connectivity index (χ0) is 19.5. The summed E-state index contributed by atoms with van der Waals surface area (Å²) in [5.41, 5.74) is -0.0445. The summed E-state index contributed by atoms with van der Waals surface area (Å²) >= 11 is 0. The van der Waals surface area contributed by atoms with Gasteiger partial charge in [-0.05, 0) is 30.4 Å². The molecule has 1 aliphatic carbocycles. The second kappa shape index (κ2) is 11.7. The molecule has 0 unspecified atom stereocenters. The van der Waals surface area contributed by atoms with E-state index in [9.17, 15) is 9.18 Å². The molecule has 0 bridgehead atoms. The van der Waals surface area contributed by atoms with E-state index in [1.54, 1.807) is 6.07 Å². The molecule has 0 radical (unpaired) electrons. The summed E-state index contributed by atoms with van der Waals surface area (Å²) in [7, 11) is 0. The second-order valence-electron chi connectivity index (χ2n) is 7.86. The van der Waals surface area contributed by atoms with Gasteiger partial charge in [0.15, 0.2) is 0 Å². The Morgan fingerprint density at radius 1 is 1.11 bits per heavy atom. The lowest BCUT2D eigenvalue weighted by atomic mass is 9.78. The first-order valence-electron chi connectivity index (χ1n) is 10.5. The average molecular weight is 374 g/mol. The van der Waals surface area contributed by atoms with Crippen LogP contribution in [0.25, 0.3) is 0 Å². The number of ether oxygens (including phenoxy) is 1. The van der Waals surface area contributed by atoms with E-state index in [-0.39, 0.29) is 17.3 Å². The van der Waals surface area contributed by atoms with Crippen LogP contribution in [-0.4, -0.2) is 5.97 Å². The van der Waals surface area contributed by atoms with Gasteiger partial charge >= 0.3 is 5.97 Å². The number of unbranched alkanes of at least 4 members (excludes halogenated alkanes) is 4. The molecule has 3 nitrogen and oxygen atoms in total. The molecule has 1 saturated carbocycles. The lowest BCUT2D eigenvalue weighted by Crippen LogP contribution is -2.17. The highest BCUT2D eigenvalue weighted by atomic mass is 19.1. The van der Waals surface area contributed by atoms with Crippen molar-refractivity contribution in [3.63, 3.8) is 0 Å². The first kappa shape index (κ1) is 21.4. The van der Waals surface area contributed by atoms with Crippen molar-refractivity contribution in [3.8, 4) is 11.8 Å². The monoisotopic (exact) mass is 373 g/mol. The summed E-state index contributed by atoms with van der Waals surface area (Å²) in [5.74, 6) is 0.666. The summed E-state index contributed by atoms with van der Waals surface area (Å²) in [5, 5.41) is 8.72. The average Bonchev–Trinajstić information content (AvgIpc) is 2.67. The van der Waals surface area contributed by atoms with Gasteiger partial charge in [-0.3, -0.25) is 4.79 Å². The van der Waals surface area contributed by atoms with Gasteiger partial charge in [-0.25, -0.2) is 4.39 Å². The number of rotatable bonds is 10. The lowest BCUT2D eigenvalue weighted by molar-refractivity contribution is -0.134. The van der Waals surface area contributed by atoms with Crippen LogP contribution in [0.1, 0.15) is 89.5 Å². The maximum Gasteiger partial charge on any atom is 0.311 e. The van der Waals surface area contributed by atoms with Crippen LogP contribution < -0.4 is 4.74 Å². The molecule has 1 aromatic rings. The summed E-state index contributed by atoms with van der Waals surface area (Å²) in [6, 6.07) is 5.65. The number of hydrogen-bond acceptors (Lipinski definition) is 3. The van der Waals surface area contributed by atoms with Crippen molar-refractivity contribution in [3.05, 3.63) is 29.6 Å². The molecule has 2 rings (SSSR count). The number of halogens is 1. The molecular weight excluding hydrogens is 341 g/mol. The maximum atomic E-state index is 13.5. The van der Waals surface area contributed by atoms with Gasteiger partial charge in [0.25, 0.3) is 0 Å². The summed E-state index contributed by atoms with van der Waals surface area (Å²) in [6.45, 7) is 2.25. The predicted octanol–water partition coefficient (Wildman–Crippen LogP) is 6.55. The van der Waals surface area contributed by atoms with Crippen LogP contribution in [0.5, 0.6) is 5.75 Å². The summed E-state index contributed by atoms with van der Waals surface area (Å²) < 4.78 is 18.8. The first-order valence-corrected chi connectivity index (χ1v) is 10.5. The van der Waals surface area contributed by atoms with E-state index in [2.05, 4.69) is 6.92 Å². The minimum absolute atomic E-state index is 0.0445. The maximum absolute atomic E-state index is 13.5. The molecule has 27 heavy (non-hydrogen) atoms. The number of carbonyl (C=O) groups excluding carboxylic acids is 1. The molecule has 0 aliphatic heterocycles. The van der Waals surface area contributed by atoms with E-state index in [0.717, 1.165) is 18.4 Å². The fourth-order valence-corrected chi connectivity index (χ4v) is 4.00. The van der Waals surface area contributed by atoms with Crippen LogP contribution in [0, 0.1) is 29.0 Å². The molecule has 0 atom stereocenters. The van der Waals surface area contributed by atoms with E-state index in [1.807, 2.05) is 0 Å². The number of benzene rings is 1. The number of carbonyl (C=O) groups is 1. The minimum Gasteiger partial charge on any atom is -0.426 e. The molecule has 0 heterocycles. The molecule has 1 aromatic carbocycles. The fourth-order valence-electron chi connectivity index (χ4n) is 4.00. The Labute approximate surface area is 162 Å². The van der Waals surface area contributed by atoms with Crippen LogP contribution in [-0.2, 0) is 4.79 Å². The smallest absolute Gasteiger partial charge is 0.311 e. The Bertz CT molecular complexity index is 630. The van der Waals surface area contributed by atoms with Gasteiger partial charge < -0.3 is 4.74 Å². The zero-order valence-corrected chi connectivity index (χ0v) is 16.5. The highest BCUT2D eigenvalue weighted by Crippen LogP contribution is 2.34. The normalized spacial score (nSPS) is 19.4. The Balaban J connectivity index is 1.61. The molecule has 1 aliphatic rings. The van der Waals surface area contributed by atoms with Gasteiger partial charge in [-0.15, -0.1) is 0 Å². The van der Waals surface area contributed by atoms with E-state index in [0.29, 0.717) is 12.3 Å².